The molecule has 0 spiro atoms. The number of hydrogen-bond donors (Lipinski definition) is 0. The summed E-state index contributed by atoms with van der Waals surface area (Å²) in [5.74, 6) is -0.941. The van der Waals surface area contributed by atoms with Crippen LogP contribution in [0.15, 0.2) is 72.9 Å². The Balaban J connectivity index is 4.24. The Hall–Kier alpha value is -3.15. The van der Waals surface area contributed by atoms with Gasteiger partial charge in [0.1, 0.15) is 13.2 Å². The van der Waals surface area contributed by atoms with Crippen LogP contribution in [0.1, 0.15) is 252 Å². The van der Waals surface area contributed by atoms with Crippen LogP contribution in [-0.4, -0.2) is 37.2 Å². The van der Waals surface area contributed by atoms with Gasteiger partial charge in [0.2, 0.25) is 0 Å². The quantitative estimate of drug-likeness (QED) is 0.0262. The first kappa shape index (κ1) is 59.9. The van der Waals surface area contributed by atoms with Crippen LogP contribution < -0.4 is 0 Å². The van der Waals surface area contributed by atoms with Crippen molar-refractivity contribution in [3.63, 3.8) is 0 Å². The van der Waals surface area contributed by atoms with Gasteiger partial charge in [-0.05, 0) is 89.9 Å². The zero-order valence-electron chi connectivity index (χ0n) is 41.3. The molecule has 0 amide bonds. The number of carbonyl (C=O) groups is 3. The molecule has 362 valence electrons. The molecule has 0 aliphatic rings. The fraction of sp³-hybridized carbons (Fsp3) is 0.737. The number of allylic oxidation sites excluding steroid dienone is 12. The average Bonchev–Trinajstić information content (AvgIpc) is 3.28. The fourth-order valence-electron chi connectivity index (χ4n) is 7.23. The predicted molar refractivity (Wildman–Crippen MR) is 270 cm³/mol. The molecule has 0 aromatic carbocycles. The predicted octanol–water partition coefficient (Wildman–Crippen LogP) is 17.4. The highest BCUT2D eigenvalue weighted by atomic mass is 16.6. The van der Waals surface area contributed by atoms with E-state index in [1.54, 1.807) is 0 Å². The third-order valence-corrected chi connectivity index (χ3v) is 11.2. The molecule has 0 saturated carbocycles. The Kier molecular flexibility index (Phi) is 48.9. The van der Waals surface area contributed by atoms with E-state index in [2.05, 4.69) is 93.7 Å². The van der Waals surface area contributed by atoms with Gasteiger partial charge in [-0.2, -0.15) is 0 Å². The second-order valence-corrected chi connectivity index (χ2v) is 17.4. The molecule has 0 heterocycles. The van der Waals surface area contributed by atoms with Crippen LogP contribution in [0.4, 0.5) is 0 Å². The summed E-state index contributed by atoms with van der Waals surface area (Å²) in [5.41, 5.74) is 0. The van der Waals surface area contributed by atoms with Crippen molar-refractivity contribution in [2.45, 2.75) is 258 Å². The third kappa shape index (κ3) is 49.7. The van der Waals surface area contributed by atoms with Crippen molar-refractivity contribution in [3.8, 4) is 0 Å². The molecule has 0 bridgehead atoms. The van der Waals surface area contributed by atoms with E-state index in [4.69, 9.17) is 14.2 Å². The summed E-state index contributed by atoms with van der Waals surface area (Å²) in [7, 11) is 0. The summed E-state index contributed by atoms with van der Waals surface area (Å²) in [6, 6.07) is 0. The number of hydrogen-bond acceptors (Lipinski definition) is 6. The van der Waals surface area contributed by atoms with Gasteiger partial charge in [0, 0.05) is 19.3 Å². The van der Waals surface area contributed by atoms with Crippen molar-refractivity contribution in [2.75, 3.05) is 13.2 Å². The Bertz CT molecular complexity index is 1190. The van der Waals surface area contributed by atoms with Crippen molar-refractivity contribution in [1.82, 2.24) is 0 Å². The van der Waals surface area contributed by atoms with Crippen molar-refractivity contribution >= 4 is 17.9 Å². The molecule has 1 unspecified atom stereocenters. The monoisotopic (exact) mass is 879 g/mol. The average molecular weight is 879 g/mol. The molecule has 6 heteroatoms. The lowest BCUT2D eigenvalue weighted by Gasteiger charge is -2.18. The maximum Gasteiger partial charge on any atom is 0.306 e. The molecule has 6 nitrogen and oxygen atoms in total. The first-order valence-corrected chi connectivity index (χ1v) is 26.4. The molecule has 0 aromatic heterocycles. The van der Waals surface area contributed by atoms with Crippen LogP contribution in [0, 0.1) is 0 Å². The Morgan fingerprint density at radius 2 is 0.619 bits per heavy atom. The van der Waals surface area contributed by atoms with E-state index in [1.807, 2.05) is 0 Å². The van der Waals surface area contributed by atoms with E-state index in [9.17, 15) is 14.4 Å². The van der Waals surface area contributed by atoms with Crippen molar-refractivity contribution in [1.29, 1.82) is 0 Å². The summed E-state index contributed by atoms with van der Waals surface area (Å²) in [5, 5.41) is 0. The molecular formula is C57H98O6. The second kappa shape index (κ2) is 51.5. The number of rotatable bonds is 47. The lowest BCUT2D eigenvalue weighted by Crippen LogP contribution is -2.30. The SMILES string of the molecule is CC/C=C\C/C=C\C/C=C\C/C=C\CCCCC(=O)OC(COC(=O)CCCCCCCCC)COC(=O)CCCCCCCCCCCCC/C=C\C/C=C\CCCCCCC. The number of ether oxygens (including phenoxy) is 3. The largest absolute Gasteiger partial charge is 0.462 e. The molecule has 0 N–H and O–H groups in total. The number of unbranched alkanes of at least 4 members (excludes halogenated alkanes) is 24. The van der Waals surface area contributed by atoms with Gasteiger partial charge < -0.3 is 14.2 Å². The van der Waals surface area contributed by atoms with E-state index in [0.717, 1.165) is 83.5 Å². The Morgan fingerprint density at radius 3 is 1.00 bits per heavy atom. The van der Waals surface area contributed by atoms with Crippen LogP contribution >= 0.6 is 0 Å². The summed E-state index contributed by atoms with van der Waals surface area (Å²) in [6.45, 7) is 6.44. The molecular weight excluding hydrogens is 781 g/mol. The lowest BCUT2D eigenvalue weighted by atomic mass is 10.0. The van der Waals surface area contributed by atoms with E-state index in [1.165, 1.54) is 122 Å². The van der Waals surface area contributed by atoms with Gasteiger partial charge in [-0.15, -0.1) is 0 Å². The van der Waals surface area contributed by atoms with Crippen LogP contribution in [-0.2, 0) is 28.6 Å². The summed E-state index contributed by atoms with van der Waals surface area (Å²) in [4.78, 5) is 37.8. The minimum Gasteiger partial charge on any atom is -0.462 e. The van der Waals surface area contributed by atoms with Gasteiger partial charge in [0.25, 0.3) is 0 Å². The smallest absolute Gasteiger partial charge is 0.306 e. The first-order valence-electron chi connectivity index (χ1n) is 26.4. The van der Waals surface area contributed by atoms with Gasteiger partial charge in [-0.1, -0.05) is 216 Å². The van der Waals surface area contributed by atoms with E-state index in [0.29, 0.717) is 19.3 Å². The normalized spacial score (nSPS) is 12.6. The topological polar surface area (TPSA) is 78.9 Å². The maximum atomic E-state index is 12.7. The standard InChI is InChI=1S/C57H98O6/c1-4-7-10-13-16-18-20-22-24-25-26-27-28-29-30-31-33-34-36-38-41-44-47-50-56(59)62-53-54(52-61-55(58)49-46-43-40-15-12-9-6-3)63-57(60)51-48-45-42-39-37-35-32-23-21-19-17-14-11-8-5-2/h8,11,17,19-20,22-23,25-26,32,37,39,54H,4-7,9-10,12-16,18,21,24,27-31,33-36,38,40-53H2,1-3H3/b11-8-,19-17-,22-20-,26-25-,32-23-,39-37-. The van der Waals surface area contributed by atoms with Crippen molar-refractivity contribution < 1.29 is 28.6 Å². The third-order valence-electron chi connectivity index (χ3n) is 11.2. The molecule has 0 aliphatic heterocycles. The zero-order valence-corrected chi connectivity index (χ0v) is 41.3. The van der Waals surface area contributed by atoms with Crippen molar-refractivity contribution in [3.05, 3.63) is 72.9 Å². The van der Waals surface area contributed by atoms with E-state index < -0.39 is 6.10 Å². The molecule has 63 heavy (non-hydrogen) atoms. The van der Waals surface area contributed by atoms with Crippen LogP contribution in [0.3, 0.4) is 0 Å². The minimum absolute atomic E-state index is 0.0922. The maximum absolute atomic E-state index is 12.7. The minimum atomic E-state index is -0.794. The molecule has 0 aromatic rings. The lowest BCUT2D eigenvalue weighted by molar-refractivity contribution is -0.167. The molecule has 1 atom stereocenters. The summed E-state index contributed by atoms with van der Waals surface area (Å²) >= 11 is 0. The van der Waals surface area contributed by atoms with Gasteiger partial charge in [-0.25, -0.2) is 0 Å². The number of carbonyl (C=O) groups excluding carboxylic acids is 3. The van der Waals surface area contributed by atoms with Crippen LogP contribution in [0.2, 0.25) is 0 Å². The summed E-state index contributed by atoms with van der Waals surface area (Å²) < 4.78 is 16.7. The van der Waals surface area contributed by atoms with Gasteiger partial charge in [0.15, 0.2) is 6.10 Å². The van der Waals surface area contributed by atoms with Gasteiger partial charge in [0.05, 0.1) is 0 Å². The molecule has 0 rings (SSSR count). The Labute approximate surface area is 389 Å². The molecule has 0 fully saturated rings. The zero-order chi connectivity index (χ0) is 45.8. The van der Waals surface area contributed by atoms with Gasteiger partial charge in [-0.3, -0.25) is 14.4 Å². The highest BCUT2D eigenvalue weighted by Crippen LogP contribution is 2.15. The fourth-order valence-corrected chi connectivity index (χ4v) is 7.23. The highest BCUT2D eigenvalue weighted by Gasteiger charge is 2.19. The highest BCUT2D eigenvalue weighted by molar-refractivity contribution is 5.71. The van der Waals surface area contributed by atoms with Crippen molar-refractivity contribution in [2.24, 2.45) is 0 Å². The van der Waals surface area contributed by atoms with E-state index in [-0.39, 0.29) is 37.5 Å². The molecule has 0 saturated heterocycles. The summed E-state index contributed by atoms with van der Waals surface area (Å²) in [6.07, 6.45) is 64.8. The van der Waals surface area contributed by atoms with Crippen LogP contribution in [0.5, 0.6) is 0 Å². The van der Waals surface area contributed by atoms with Gasteiger partial charge >= 0.3 is 17.9 Å². The Morgan fingerprint density at radius 1 is 0.333 bits per heavy atom. The molecule has 0 aliphatic carbocycles. The first-order chi connectivity index (χ1) is 31.0. The van der Waals surface area contributed by atoms with E-state index >= 15 is 0 Å². The number of esters is 3. The van der Waals surface area contributed by atoms with Crippen LogP contribution in [0.25, 0.3) is 0 Å². The second-order valence-electron chi connectivity index (χ2n) is 17.4. The molecule has 0 radical (unpaired) electrons.